The fourth-order valence-electron chi connectivity index (χ4n) is 3.05. The van der Waals surface area contributed by atoms with Gasteiger partial charge in [-0.25, -0.2) is 4.79 Å². The number of halogens is 1. The Labute approximate surface area is 165 Å². The van der Waals surface area contributed by atoms with Crippen molar-refractivity contribution >= 4 is 11.6 Å². The van der Waals surface area contributed by atoms with Crippen molar-refractivity contribution < 1.29 is 9.63 Å². The van der Waals surface area contributed by atoms with Crippen LogP contribution in [-0.4, -0.2) is 24.4 Å². The van der Waals surface area contributed by atoms with E-state index in [1.807, 2.05) is 30.3 Å². The molecular formula is C18H20ClN5O4. The van der Waals surface area contributed by atoms with E-state index in [-0.39, 0.29) is 19.0 Å². The molecule has 2 aromatic heterocycles. The molecule has 148 valence electrons. The lowest BCUT2D eigenvalue weighted by atomic mass is 10.2. The van der Waals surface area contributed by atoms with Gasteiger partial charge in [0.2, 0.25) is 5.89 Å². The number of nitrogens with zero attached hydrogens (tertiary/aromatic N) is 4. The lowest BCUT2D eigenvalue weighted by Gasteiger charge is -2.12. The normalized spacial score (nSPS) is 15.1. The monoisotopic (exact) mass is 405 g/mol. The predicted octanol–water partition coefficient (Wildman–Crippen LogP) is 0.757. The summed E-state index contributed by atoms with van der Waals surface area (Å²) in [5.41, 5.74) is 5.30. The Bertz CT molecular complexity index is 1070. The van der Waals surface area contributed by atoms with Crippen molar-refractivity contribution in [2.24, 2.45) is 12.8 Å². The second-order valence-electron chi connectivity index (χ2n) is 6.26. The van der Waals surface area contributed by atoms with E-state index in [0.717, 1.165) is 9.59 Å². The van der Waals surface area contributed by atoms with E-state index < -0.39 is 17.4 Å². The van der Waals surface area contributed by atoms with E-state index >= 15 is 0 Å². The van der Waals surface area contributed by atoms with Gasteiger partial charge in [0, 0.05) is 17.6 Å². The van der Waals surface area contributed by atoms with E-state index in [0.29, 0.717) is 29.9 Å². The summed E-state index contributed by atoms with van der Waals surface area (Å²) in [5.74, 6) is 0.458. The summed E-state index contributed by atoms with van der Waals surface area (Å²) in [4.78, 5) is 28.6. The first-order chi connectivity index (χ1) is 13.4. The number of aromatic nitrogens is 4. The molecule has 3 N–H and O–H groups in total. The summed E-state index contributed by atoms with van der Waals surface area (Å²) in [6, 6.07) is 9.44. The van der Waals surface area contributed by atoms with Crippen molar-refractivity contribution in [2.75, 3.05) is 0 Å². The summed E-state index contributed by atoms with van der Waals surface area (Å²) in [5, 5.41) is 14.3. The molecule has 10 heteroatoms. The number of hydrogen-bond acceptors (Lipinski definition) is 7. The zero-order chi connectivity index (χ0) is 20.3. The van der Waals surface area contributed by atoms with Gasteiger partial charge < -0.3 is 15.4 Å². The molecule has 0 radical (unpaired) electrons. The maximum absolute atomic E-state index is 12.4. The molecule has 0 bridgehead atoms. The molecule has 1 unspecified atom stereocenters. The van der Waals surface area contributed by atoms with Gasteiger partial charge in [0.1, 0.15) is 6.54 Å². The molecule has 3 aromatic rings. The fraction of sp³-hybridized carbons (Fsp3) is 0.333. The average Bonchev–Trinajstić information content (AvgIpc) is 3.31. The van der Waals surface area contributed by atoms with Crippen molar-refractivity contribution in [3.63, 3.8) is 0 Å². The predicted molar refractivity (Wildman–Crippen MR) is 102 cm³/mol. The Kier molecular flexibility index (Phi) is 6.08. The second kappa shape index (κ2) is 8.51. The number of nitrogens with two attached hydrogens (primary N) is 1. The minimum Gasteiger partial charge on any atom is -0.387 e. The van der Waals surface area contributed by atoms with Crippen LogP contribution in [0.1, 0.15) is 35.5 Å². The molecule has 1 aliphatic rings. The highest BCUT2D eigenvalue weighted by Crippen LogP contribution is 2.26. The SMILES string of the molecule is Clc1ccccc1.Cn1c2c(c(=O)n(Cc3nc(CN)no3)c1=O)CCC2O. The molecule has 4 rings (SSSR count). The minimum absolute atomic E-state index is 0.109. The maximum Gasteiger partial charge on any atom is 0.331 e. The zero-order valence-corrected chi connectivity index (χ0v) is 16.0. The molecule has 1 aliphatic carbocycles. The van der Waals surface area contributed by atoms with Gasteiger partial charge in [-0.15, -0.1) is 0 Å². The van der Waals surface area contributed by atoms with Crippen LogP contribution in [0.2, 0.25) is 5.02 Å². The quantitative estimate of drug-likeness (QED) is 0.657. The Morgan fingerprint density at radius 1 is 1.32 bits per heavy atom. The van der Waals surface area contributed by atoms with E-state index in [1.165, 1.54) is 11.6 Å². The van der Waals surface area contributed by atoms with E-state index in [1.54, 1.807) is 0 Å². The van der Waals surface area contributed by atoms with Crippen LogP contribution < -0.4 is 17.0 Å². The van der Waals surface area contributed by atoms with Crippen molar-refractivity contribution in [1.82, 2.24) is 19.3 Å². The Morgan fingerprint density at radius 3 is 2.61 bits per heavy atom. The van der Waals surface area contributed by atoms with Crippen LogP contribution >= 0.6 is 11.6 Å². The highest BCUT2D eigenvalue weighted by atomic mass is 35.5. The molecule has 0 spiro atoms. The Morgan fingerprint density at radius 2 is 2.04 bits per heavy atom. The lowest BCUT2D eigenvalue weighted by molar-refractivity contribution is 0.171. The molecule has 1 atom stereocenters. The third-order valence-corrected chi connectivity index (χ3v) is 4.65. The van der Waals surface area contributed by atoms with E-state index in [9.17, 15) is 14.7 Å². The molecule has 0 fully saturated rings. The summed E-state index contributed by atoms with van der Waals surface area (Å²) >= 11 is 5.54. The van der Waals surface area contributed by atoms with Gasteiger partial charge in [0.15, 0.2) is 5.82 Å². The Hall–Kier alpha value is -2.75. The van der Waals surface area contributed by atoms with E-state index in [4.69, 9.17) is 21.9 Å². The molecule has 0 saturated heterocycles. The number of aliphatic hydroxyl groups is 1. The second-order valence-corrected chi connectivity index (χ2v) is 6.69. The van der Waals surface area contributed by atoms with Crippen LogP contribution in [0.15, 0.2) is 44.4 Å². The van der Waals surface area contributed by atoms with Crippen molar-refractivity contribution in [1.29, 1.82) is 0 Å². The van der Waals surface area contributed by atoms with E-state index in [2.05, 4.69) is 10.1 Å². The number of fused-ring (bicyclic) bond motifs is 1. The molecule has 28 heavy (non-hydrogen) atoms. The molecule has 1 aromatic carbocycles. The van der Waals surface area contributed by atoms with Crippen LogP contribution in [0.25, 0.3) is 0 Å². The van der Waals surface area contributed by atoms with Crippen LogP contribution in [0.4, 0.5) is 0 Å². The van der Waals surface area contributed by atoms with Crippen molar-refractivity contribution in [3.05, 3.63) is 79.2 Å². The molecule has 2 heterocycles. The minimum atomic E-state index is -0.771. The van der Waals surface area contributed by atoms with Gasteiger partial charge in [0.25, 0.3) is 5.56 Å². The molecular weight excluding hydrogens is 386 g/mol. The lowest BCUT2D eigenvalue weighted by Crippen LogP contribution is -2.42. The van der Waals surface area contributed by atoms with Crippen LogP contribution in [-0.2, 0) is 26.6 Å². The standard InChI is InChI=1S/C12H15N5O4.C6H5Cl/c1-16-10-6(2-3-7(10)18)11(19)17(12(16)20)5-9-14-8(4-13)15-21-9;7-6-4-2-1-3-5-6/h7,18H,2-5,13H2,1H3;1-5H. The molecule has 0 aliphatic heterocycles. The van der Waals surface area contributed by atoms with Gasteiger partial charge in [0.05, 0.1) is 18.3 Å². The van der Waals surface area contributed by atoms with Crippen LogP contribution in [0, 0.1) is 0 Å². The highest BCUT2D eigenvalue weighted by molar-refractivity contribution is 6.30. The van der Waals surface area contributed by atoms with Crippen LogP contribution in [0.3, 0.4) is 0 Å². The largest absolute Gasteiger partial charge is 0.387 e. The fourth-order valence-corrected chi connectivity index (χ4v) is 3.20. The number of rotatable bonds is 3. The maximum atomic E-state index is 12.4. The van der Waals surface area contributed by atoms with Gasteiger partial charge in [-0.1, -0.05) is 35.0 Å². The van der Waals surface area contributed by atoms with Crippen molar-refractivity contribution in [2.45, 2.75) is 32.0 Å². The van der Waals surface area contributed by atoms with Crippen LogP contribution in [0.5, 0.6) is 0 Å². The van der Waals surface area contributed by atoms with Gasteiger partial charge in [-0.3, -0.25) is 13.9 Å². The first-order valence-corrected chi connectivity index (χ1v) is 9.03. The summed E-state index contributed by atoms with van der Waals surface area (Å²) in [6.07, 6.45) is 0.119. The smallest absolute Gasteiger partial charge is 0.331 e. The third kappa shape index (κ3) is 4.06. The molecule has 0 amide bonds. The molecule has 0 saturated carbocycles. The number of aliphatic hydroxyl groups excluding tert-OH is 1. The number of hydrogen-bond donors (Lipinski definition) is 2. The zero-order valence-electron chi connectivity index (χ0n) is 15.2. The van der Waals surface area contributed by atoms with Crippen molar-refractivity contribution in [3.8, 4) is 0 Å². The Balaban J connectivity index is 0.000000271. The summed E-state index contributed by atoms with van der Waals surface area (Å²) < 4.78 is 7.28. The summed E-state index contributed by atoms with van der Waals surface area (Å²) in [6.45, 7) is 0.00860. The number of benzene rings is 1. The molecule has 9 nitrogen and oxygen atoms in total. The first-order valence-electron chi connectivity index (χ1n) is 8.65. The summed E-state index contributed by atoms with van der Waals surface area (Å²) in [7, 11) is 1.53. The average molecular weight is 406 g/mol. The van der Waals surface area contributed by atoms with Gasteiger partial charge in [-0.2, -0.15) is 4.98 Å². The third-order valence-electron chi connectivity index (χ3n) is 4.39. The van der Waals surface area contributed by atoms with Gasteiger partial charge >= 0.3 is 5.69 Å². The highest BCUT2D eigenvalue weighted by Gasteiger charge is 2.28. The topological polar surface area (TPSA) is 129 Å². The first kappa shape index (κ1) is 20.0. The van der Waals surface area contributed by atoms with Gasteiger partial charge in [-0.05, 0) is 25.0 Å².